The van der Waals surface area contributed by atoms with Gasteiger partial charge in [0.1, 0.15) is 5.52 Å². The highest BCUT2D eigenvalue weighted by Gasteiger charge is 2.18. The van der Waals surface area contributed by atoms with Gasteiger partial charge in [-0.3, -0.25) is 4.98 Å². The minimum absolute atomic E-state index is 0.264. The molecule has 0 aliphatic carbocycles. The molecule has 0 saturated heterocycles. The van der Waals surface area contributed by atoms with E-state index in [9.17, 15) is 8.42 Å². The molecule has 0 aliphatic rings. The van der Waals surface area contributed by atoms with Gasteiger partial charge in [0.25, 0.3) is 10.2 Å². The molecular weight excluding hydrogens is 364 g/mol. The number of fused-ring (bicyclic) bond motifs is 1. The highest BCUT2D eigenvalue weighted by molar-refractivity contribution is 7.87. The van der Waals surface area contributed by atoms with E-state index in [-0.39, 0.29) is 5.92 Å². The van der Waals surface area contributed by atoms with Crippen LogP contribution in [0.15, 0.2) is 6.33 Å². The van der Waals surface area contributed by atoms with Crippen molar-refractivity contribution in [2.75, 3.05) is 27.2 Å². The predicted molar refractivity (Wildman–Crippen MR) is 109 cm³/mol. The van der Waals surface area contributed by atoms with Crippen LogP contribution in [0.4, 0.5) is 0 Å². The normalized spacial score (nSPS) is 13.6. The molecule has 2 heterocycles. The molecule has 2 rings (SSSR count). The maximum absolute atomic E-state index is 11.7. The number of hydrogen-bond donors (Lipinski definition) is 2. The number of aromatic nitrogens is 3. The molecule has 0 amide bonds. The summed E-state index contributed by atoms with van der Waals surface area (Å²) in [6, 6.07) is 0. The molecule has 0 fully saturated rings. The lowest BCUT2D eigenvalue weighted by molar-refractivity contribution is 0.501. The van der Waals surface area contributed by atoms with Crippen molar-refractivity contribution in [2.45, 2.75) is 52.5 Å². The van der Waals surface area contributed by atoms with Crippen LogP contribution in [-0.2, 0) is 16.8 Å². The molecule has 9 heteroatoms. The molecule has 0 saturated carbocycles. The van der Waals surface area contributed by atoms with E-state index in [2.05, 4.69) is 28.1 Å². The topological polar surface area (TPSA) is 106 Å². The van der Waals surface area contributed by atoms with Gasteiger partial charge in [0, 0.05) is 38.8 Å². The molecule has 1 unspecified atom stereocenters. The second-order valence-electron chi connectivity index (χ2n) is 7.21. The quantitative estimate of drug-likeness (QED) is 0.594. The minimum Gasteiger partial charge on any atom is -0.330 e. The molecule has 8 nitrogen and oxygen atoms in total. The second-order valence-corrected chi connectivity index (χ2v) is 9.18. The number of nitrogens with two attached hydrogens (primary N) is 1. The summed E-state index contributed by atoms with van der Waals surface area (Å²) in [5.74, 6) is 0.264. The molecule has 3 N–H and O–H groups in total. The van der Waals surface area contributed by atoms with Crippen LogP contribution in [0.2, 0.25) is 0 Å². The van der Waals surface area contributed by atoms with Crippen molar-refractivity contribution in [3.05, 3.63) is 23.3 Å². The summed E-state index contributed by atoms with van der Waals surface area (Å²) < 4.78 is 29.4. The van der Waals surface area contributed by atoms with Gasteiger partial charge in [-0.25, -0.2) is 9.71 Å². The van der Waals surface area contributed by atoms with Crippen molar-refractivity contribution in [3.63, 3.8) is 0 Å². The molecule has 0 radical (unpaired) electrons. The SMILES string of the molecule is Cc1nc(C(C)CCN)c2ncn(CCCCNS(=O)(=O)N(C)C)c2c1C. The zero-order valence-electron chi connectivity index (χ0n) is 17.0. The number of nitrogens with zero attached hydrogens (tertiary/aromatic N) is 4. The van der Waals surface area contributed by atoms with Gasteiger partial charge in [-0.2, -0.15) is 12.7 Å². The summed E-state index contributed by atoms with van der Waals surface area (Å²) in [5, 5.41) is 0. The Morgan fingerprint density at radius 1 is 1.30 bits per heavy atom. The first-order chi connectivity index (χ1) is 12.7. The Morgan fingerprint density at radius 2 is 2.00 bits per heavy atom. The summed E-state index contributed by atoms with van der Waals surface area (Å²) in [6.45, 7) is 8.08. The van der Waals surface area contributed by atoms with Crippen molar-refractivity contribution in [1.82, 2.24) is 23.6 Å². The average Bonchev–Trinajstić information content (AvgIpc) is 3.02. The van der Waals surface area contributed by atoms with Crippen LogP contribution in [-0.4, -0.2) is 54.4 Å². The fourth-order valence-electron chi connectivity index (χ4n) is 3.09. The number of pyridine rings is 1. The number of rotatable bonds is 10. The van der Waals surface area contributed by atoms with Gasteiger partial charge in [-0.05, 0) is 45.2 Å². The first kappa shape index (κ1) is 21.7. The Kier molecular flexibility index (Phi) is 7.32. The summed E-state index contributed by atoms with van der Waals surface area (Å²) in [4.78, 5) is 9.40. The van der Waals surface area contributed by atoms with Gasteiger partial charge < -0.3 is 10.3 Å². The molecular formula is C18H32N6O2S. The largest absolute Gasteiger partial charge is 0.330 e. The van der Waals surface area contributed by atoms with Crippen LogP contribution in [0.5, 0.6) is 0 Å². The third-order valence-corrected chi connectivity index (χ3v) is 6.45. The van der Waals surface area contributed by atoms with Crippen molar-refractivity contribution >= 4 is 21.2 Å². The van der Waals surface area contributed by atoms with E-state index in [1.54, 1.807) is 0 Å². The lowest BCUT2D eigenvalue weighted by Crippen LogP contribution is -2.36. The van der Waals surface area contributed by atoms with Crippen LogP contribution in [0.3, 0.4) is 0 Å². The number of hydrogen-bond acceptors (Lipinski definition) is 5. The third kappa shape index (κ3) is 5.04. The molecule has 0 bridgehead atoms. The molecule has 0 aromatic carbocycles. The van der Waals surface area contributed by atoms with Crippen molar-refractivity contribution in [2.24, 2.45) is 5.73 Å². The van der Waals surface area contributed by atoms with E-state index in [0.717, 1.165) is 53.8 Å². The molecule has 27 heavy (non-hydrogen) atoms. The average molecular weight is 397 g/mol. The van der Waals surface area contributed by atoms with Crippen LogP contribution < -0.4 is 10.5 Å². The van der Waals surface area contributed by atoms with Gasteiger partial charge in [0.15, 0.2) is 0 Å². The molecule has 1 atom stereocenters. The van der Waals surface area contributed by atoms with E-state index in [4.69, 9.17) is 10.7 Å². The Labute approximate surface area is 162 Å². The van der Waals surface area contributed by atoms with Gasteiger partial charge in [0.2, 0.25) is 0 Å². The summed E-state index contributed by atoms with van der Waals surface area (Å²) in [5.41, 5.74) is 11.0. The highest BCUT2D eigenvalue weighted by atomic mass is 32.2. The highest BCUT2D eigenvalue weighted by Crippen LogP contribution is 2.28. The van der Waals surface area contributed by atoms with Crippen molar-refractivity contribution in [3.8, 4) is 0 Å². The van der Waals surface area contributed by atoms with E-state index < -0.39 is 10.2 Å². The maximum atomic E-state index is 11.7. The summed E-state index contributed by atoms with van der Waals surface area (Å²) >= 11 is 0. The zero-order valence-corrected chi connectivity index (χ0v) is 17.8. The van der Waals surface area contributed by atoms with E-state index in [1.807, 2.05) is 13.3 Å². The smallest absolute Gasteiger partial charge is 0.278 e. The third-order valence-electron chi connectivity index (χ3n) is 4.92. The van der Waals surface area contributed by atoms with Crippen LogP contribution in [0.1, 0.15) is 49.1 Å². The Morgan fingerprint density at radius 3 is 2.63 bits per heavy atom. The van der Waals surface area contributed by atoms with Crippen LogP contribution in [0, 0.1) is 13.8 Å². The second kappa shape index (κ2) is 9.09. The van der Waals surface area contributed by atoms with Gasteiger partial charge in [0.05, 0.1) is 17.5 Å². The molecule has 0 spiro atoms. The van der Waals surface area contributed by atoms with Crippen molar-refractivity contribution in [1.29, 1.82) is 0 Å². The Balaban J connectivity index is 2.11. The number of unbranched alkanes of at least 4 members (excludes halogenated alkanes) is 1. The maximum Gasteiger partial charge on any atom is 0.278 e. The molecule has 152 valence electrons. The number of aryl methyl sites for hydroxylation is 3. The van der Waals surface area contributed by atoms with E-state index in [1.165, 1.54) is 18.4 Å². The predicted octanol–water partition coefficient (Wildman–Crippen LogP) is 1.68. The van der Waals surface area contributed by atoms with Gasteiger partial charge in [-0.15, -0.1) is 0 Å². The standard InChI is InChI=1S/C18H32N6O2S/c1-13(8-9-19)16-17-18(14(2)15(3)22-16)24(12-20-17)11-7-6-10-21-27(25,26)23(4)5/h12-13,21H,6-11,19H2,1-5H3. The summed E-state index contributed by atoms with van der Waals surface area (Å²) in [7, 11) is -0.322. The number of nitrogens with one attached hydrogen (secondary N) is 1. The summed E-state index contributed by atoms with van der Waals surface area (Å²) in [6.07, 6.45) is 4.35. The minimum atomic E-state index is -3.35. The van der Waals surface area contributed by atoms with E-state index in [0.29, 0.717) is 13.1 Å². The lowest BCUT2D eigenvalue weighted by atomic mass is 10.00. The fraction of sp³-hybridized carbons (Fsp3) is 0.667. The zero-order chi connectivity index (χ0) is 20.2. The van der Waals surface area contributed by atoms with Gasteiger partial charge in [-0.1, -0.05) is 6.92 Å². The van der Waals surface area contributed by atoms with Gasteiger partial charge >= 0.3 is 0 Å². The van der Waals surface area contributed by atoms with Crippen LogP contribution in [0.25, 0.3) is 11.0 Å². The molecule has 0 aliphatic heterocycles. The molecule has 2 aromatic rings. The first-order valence-corrected chi connectivity index (χ1v) is 10.8. The first-order valence-electron chi connectivity index (χ1n) is 9.38. The lowest BCUT2D eigenvalue weighted by Gasteiger charge is -2.15. The fourth-order valence-corrected chi connectivity index (χ4v) is 3.75. The number of imidazole rings is 1. The monoisotopic (exact) mass is 396 g/mol. The van der Waals surface area contributed by atoms with Crippen molar-refractivity contribution < 1.29 is 8.42 Å². The Bertz CT molecular complexity index is 876. The molecule has 2 aromatic heterocycles. The van der Waals surface area contributed by atoms with E-state index >= 15 is 0 Å². The van der Waals surface area contributed by atoms with Crippen LogP contribution >= 0.6 is 0 Å². The Hall–Kier alpha value is -1.55.